The summed E-state index contributed by atoms with van der Waals surface area (Å²) in [6, 6.07) is 0. The molecule has 0 heterocycles. The van der Waals surface area contributed by atoms with E-state index >= 15 is 0 Å². The van der Waals surface area contributed by atoms with Gasteiger partial charge in [0, 0.05) is 5.08 Å². The molecule has 0 aromatic heterocycles. The van der Waals surface area contributed by atoms with Crippen molar-refractivity contribution in [2.75, 3.05) is 17.1 Å². The molecule has 0 amide bonds. The van der Waals surface area contributed by atoms with Crippen molar-refractivity contribution in [1.82, 2.24) is 0 Å². The first kappa shape index (κ1) is 8.66. The summed E-state index contributed by atoms with van der Waals surface area (Å²) in [5, 5.41) is 0.683. The summed E-state index contributed by atoms with van der Waals surface area (Å²) in [5.41, 5.74) is 0. The molecule has 1 nitrogen and oxygen atoms in total. The zero-order chi connectivity index (χ0) is 6.41. The molecule has 0 aliphatic carbocycles. The fraction of sp³-hybridized carbons (Fsp3) is 0.750. The van der Waals surface area contributed by atoms with Gasteiger partial charge in [0.2, 0.25) is 5.24 Å². The standard InChI is InChI=1S/C4H7ClOS2/c1-7-3-8-2-4(5)6/h2-3H2,1H3. The van der Waals surface area contributed by atoms with Crippen LogP contribution in [0.5, 0.6) is 0 Å². The van der Waals surface area contributed by atoms with Gasteiger partial charge in [0.1, 0.15) is 0 Å². The molecule has 0 rings (SSSR count). The van der Waals surface area contributed by atoms with Crippen LogP contribution in [-0.4, -0.2) is 22.3 Å². The Bertz CT molecular complexity index is 76.4. The van der Waals surface area contributed by atoms with Gasteiger partial charge in [-0.25, -0.2) is 0 Å². The molecule has 0 aromatic rings. The van der Waals surface area contributed by atoms with E-state index in [1.165, 1.54) is 0 Å². The van der Waals surface area contributed by atoms with Crippen LogP contribution in [0.25, 0.3) is 0 Å². The summed E-state index contributed by atoms with van der Waals surface area (Å²) in [4.78, 5) is 10.1. The molecule has 0 atom stereocenters. The Balaban J connectivity index is 2.82. The monoisotopic (exact) mass is 170 g/mol. The lowest BCUT2D eigenvalue weighted by atomic mass is 10.9. The number of hydrogen-bond acceptors (Lipinski definition) is 3. The van der Waals surface area contributed by atoms with Crippen LogP contribution in [0.1, 0.15) is 0 Å². The minimum absolute atomic E-state index is 0.260. The van der Waals surface area contributed by atoms with Crippen molar-refractivity contribution in [2.45, 2.75) is 0 Å². The lowest BCUT2D eigenvalue weighted by Gasteiger charge is -1.89. The molecule has 0 radical (unpaired) electrons. The molecule has 0 spiro atoms. The van der Waals surface area contributed by atoms with Crippen molar-refractivity contribution < 1.29 is 4.79 Å². The van der Waals surface area contributed by atoms with Crippen LogP contribution in [0.3, 0.4) is 0 Å². The molecule has 0 unspecified atom stereocenters. The van der Waals surface area contributed by atoms with E-state index in [9.17, 15) is 4.79 Å². The van der Waals surface area contributed by atoms with E-state index in [0.29, 0.717) is 5.75 Å². The number of rotatable bonds is 4. The van der Waals surface area contributed by atoms with Crippen LogP contribution in [0, 0.1) is 0 Å². The quantitative estimate of drug-likeness (QED) is 0.364. The van der Waals surface area contributed by atoms with Gasteiger partial charge in [0.25, 0.3) is 0 Å². The van der Waals surface area contributed by atoms with Crippen LogP contribution >= 0.6 is 35.1 Å². The first-order valence-corrected chi connectivity index (χ1v) is 4.95. The first-order chi connectivity index (χ1) is 3.77. The SMILES string of the molecule is CSCSCC(=O)Cl. The van der Waals surface area contributed by atoms with Crippen LogP contribution in [0.4, 0.5) is 0 Å². The van der Waals surface area contributed by atoms with Crippen LogP contribution in [0.15, 0.2) is 0 Å². The van der Waals surface area contributed by atoms with Gasteiger partial charge in [-0.05, 0) is 17.9 Å². The predicted octanol–water partition coefficient (Wildman–Crippen LogP) is 1.81. The highest BCUT2D eigenvalue weighted by Gasteiger charge is 1.92. The maximum atomic E-state index is 10.1. The van der Waals surface area contributed by atoms with Crippen LogP contribution in [-0.2, 0) is 4.79 Å². The Hall–Kier alpha value is 0.660. The van der Waals surface area contributed by atoms with E-state index in [-0.39, 0.29) is 5.24 Å². The third kappa shape index (κ3) is 6.66. The molecule has 0 saturated heterocycles. The smallest absolute Gasteiger partial charge is 0.231 e. The molecule has 48 valence electrons. The highest BCUT2D eigenvalue weighted by atomic mass is 35.5. The van der Waals surface area contributed by atoms with E-state index < -0.39 is 0 Å². The minimum atomic E-state index is -0.260. The Morgan fingerprint density at radius 2 is 2.38 bits per heavy atom. The van der Waals surface area contributed by atoms with E-state index in [1.54, 1.807) is 23.5 Å². The second-order valence-electron chi connectivity index (χ2n) is 1.11. The van der Waals surface area contributed by atoms with Crippen molar-refractivity contribution in [3.05, 3.63) is 0 Å². The molecule has 0 saturated carbocycles. The van der Waals surface area contributed by atoms with E-state index in [0.717, 1.165) is 5.08 Å². The number of thioether (sulfide) groups is 2. The van der Waals surface area contributed by atoms with E-state index in [2.05, 4.69) is 0 Å². The van der Waals surface area contributed by atoms with Crippen molar-refractivity contribution in [1.29, 1.82) is 0 Å². The average molecular weight is 171 g/mol. The normalized spacial score (nSPS) is 9.25. The summed E-state index contributed by atoms with van der Waals surface area (Å²) in [6.07, 6.45) is 1.99. The molecule has 0 bridgehead atoms. The lowest BCUT2D eigenvalue weighted by molar-refractivity contribution is -0.109. The maximum Gasteiger partial charge on any atom is 0.231 e. The third-order valence-corrected chi connectivity index (χ3v) is 2.78. The summed E-state index contributed by atoms with van der Waals surface area (Å²) < 4.78 is 0. The van der Waals surface area contributed by atoms with Crippen molar-refractivity contribution in [3.8, 4) is 0 Å². The number of halogens is 1. The molecule has 0 N–H and O–H groups in total. The van der Waals surface area contributed by atoms with E-state index in [4.69, 9.17) is 11.6 Å². The number of carbonyl (C=O) groups is 1. The second-order valence-corrected chi connectivity index (χ2v) is 3.75. The highest BCUT2D eigenvalue weighted by Crippen LogP contribution is 2.08. The van der Waals surface area contributed by atoms with Crippen LogP contribution < -0.4 is 0 Å². The molecule has 8 heavy (non-hydrogen) atoms. The Labute approximate surface area is 62.5 Å². The molecular formula is C4H7ClOS2. The zero-order valence-corrected chi connectivity index (χ0v) is 6.91. The van der Waals surface area contributed by atoms with Gasteiger partial charge < -0.3 is 0 Å². The van der Waals surface area contributed by atoms with Crippen molar-refractivity contribution in [2.24, 2.45) is 0 Å². The summed E-state index contributed by atoms with van der Waals surface area (Å²) in [5.74, 6) is 0.433. The van der Waals surface area contributed by atoms with Gasteiger partial charge in [-0.1, -0.05) is 0 Å². The van der Waals surface area contributed by atoms with Crippen molar-refractivity contribution >= 4 is 40.4 Å². The van der Waals surface area contributed by atoms with Crippen LogP contribution in [0.2, 0.25) is 0 Å². The Morgan fingerprint density at radius 1 is 1.75 bits per heavy atom. The molecule has 0 fully saturated rings. The van der Waals surface area contributed by atoms with Gasteiger partial charge in [-0.2, -0.15) is 11.8 Å². The van der Waals surface area contributed by atoms with Gasteiger partial charge in [0.05, 0.1) is 5.75 Å². The van der Waals surface area contributed by atoms with E-state index in [1.807, 2.05) is 6.26 Å². The summed E-state index contributed by atoms with van der Waals surface area (Å²) in [7, 11) is 0. The van der Waals surface area contributed by atoms with Crippen molar-refractivity contribution in [3.63, 3.8) is 0 Å². The number of carbonyl (C=O) groups excluding carboxylic acids is 1. The molecular weight excluding hydrogens is 164 g/mol. The average Bonchev–Trinajstić information content (AvgIpc) is 1.66. The Kier molecular flexibility index (Phi) is 6.27. The number of hydrogen-bond donors (Lipinski definition) is 0. The largest absolute Gasteiger partial charge is 0.280 e. The Morgan fingerprint density at radius 3 is 2.75 bits per heavy atom. The molecule has 0 aliphatic rings. The third-order valence-electron chi connectivity index (χ3n) is 0.417. The summed E-state index contributed by atoms with van der Waals surface area (Å²) >= 11 is 8.28. The first-order valence-electron chi connectivity index (χ1n) is 2.02. The minimum Gasteiger partial charge on any atom is -0.280 e. The second kappa shape index (κ2) is 5.79. The zero-order valence-electron chi connectivity index (χ0n) is 4.52. The fourth-order valence-electron chi connectivity index (χ4n) is 0.205. The van der Waals surface area contributed by atoms with Gasteiger partial charge in [-0.15, -0.1) is 11.8 Å². The van der Waals surface area contributed by atoms with Gasteiger partial charge >= 0.3 is 0 Å². The fourth-order valence-corrected chi connectivity index (χ4v) is 1.60. The molecule has 4 heteroatoms. The maximum absolute atomic E-state index is 10.1. The highest BCUT2D eigenvalue weighted by molar-refractivity contribution is 8.16. The topological polar surface area (TPSA) is 17.1 Å². The van der Waals surface area contributed by atoms with Gasteiger partial charge in [0.15, 0.2) is 0 Å². The molecule has 0 aromatic carbocycles. The molecule has 0 aliphatic heterocycles. The van der Waals surface area contributed by atoms with Gasteiger partial charge in [-0.3, -0.25) is 4.79 Å². The lowest BCUT2D eigenvalue weighted by Crippen LogP contribution is -1.88. The predicted molar refractivity (Wildman–Crippen MR) is 41.7 cm³/mol. The summed E-state index contributed by atoms with van der Waals surface area (Å²) in [6.45, 7) is 0.